The van der Waals surface area contributed by atoms with E-state index in [2.05, 4.69) is 15.4 Å². The van der Waals surface area contributed by atoms with Gasteiger partial charge in [0.05, 0.1) is 0 Å². The highest BCUT2D eigenvalue weighted by Gasteiger charge is 2.15. The monoisotopic (exact) mass is 274 g/mol. The number of carbonyl (C=O) groups excluding carboxylic acids is 2. The van der Waals surface area contributed by atoms with Gasteiger partial charge in [-0.3, -0.25) is 10.1 Å². The smallest absolute Gasteiger partial charge is 0.329 e. The topological polar surface area (TPSA) is 114 Å². The number of hydrogen-bond donors (Lipinski definition) is 3. The first-order valence-corrected chi connectivity index (χ1v) is 6.03. The Morgan fingerprint density at radius 2 is 1.89 bits per heavy atom. The second-order valence-electron chi connectivity index (χ2n) is 4.20. The van der Waals surface area contributed by atoms with Gasteiger partial charge in [0.2, 0.25) is 0 Å². The number of ether oxygens (including phenoxy) is 2. The van der Waals surface area contributed by atoms with E-state index >= 15 is 0 Å². The molecule has 0 unspecified atom stereocenters. The minimum atomic E-state index is -1.17. The number of hydrogen-bond acceptors (Lipinski definition) is 5. The molecule has 0 atom stereocenters. The SMILES string of the molecule is O=C(O)COCC(=O)NC(=O)NCC1CCOCC1. The molecule has 108 valence electrons. The van der Waals surface area contributed by atoms with Gasteiger partial charge in [-0.25, -0.2) is 9.59 Å². The number of urea groups is 1. The van der Waals surface area contributed by atoms with E-state index in [0.29, 0.717) is 25.7 Å². The molecule has 3 N–H and O–H groups in total. The van der Waals surface area contributed by atoms with Crippen molar-refractivity contribution in [1.82, 2.24) is 10.6 Å². The van der Waals surface area contributed by atoms with Gasteiger partial charge in [0, 0.05) is 19.8 Å². The fraction of sp³-hybridized carbons (Fsp3) is 0.727. The van der Waals surface area contributed by atoms with Crippen molar-refractivity contribution in [2.24, 2.45) is 5.92 Å². The molecule has 1 rings (SSSR count). The van der Waals surface area contributed by atoms with Gasteiger partial charge in [-0.15, -0.1) is 0 Å². The third-order valence-electron chi connectivity index (χ3n) is 2.60. The number of carboxylic acids is 1. The van der Waals surface area contributed by atoms with Gasteiger partial charge in [0.25, 0.3) is 5.91 Å². The summed E-state index contributed by atoms with van der Waals surface area (Å²) in [6.07, 6.45) is 1.77. The molecule has 8 nitrogen and oxygen atoms in total. The van der Waals surface area contributed by atoms with E-state index in [1.165, 1.54) is 0 Å². The highest BCUT2D eigenvalue weighted by Crippen LogP contribution is 2.12. The number of amides is 3. The molecule has 1 saturated heterocycles. The maximum absolute atomic E-state index is 11.3. The van der Waals surface area contributed by atoms with Crippen molar-refractivity contribution in [3.63, 3.8) is 0 Å². The number of aliphatic carboxylic acids is 1. The average Bonchev–Trinajstić information content (AvgIpc) is 2.37. The second kappa shape index (κ2) is 8.44. The standard InChI is InChI=1S/C11H18N2O6/c14-9(6-19-7-10(15)16)13-11(17)12-5-8-1-3-18-4-2-8/h8H,1-7H2,(H,15,16)(H2,12,13,14,17). The largest absolute Gasteiger partial charge is 0.480 e. The van der Waals surface area contributed by atoms with E-state index in [4.69, 9.17) is 9.84 Å². The Balaban J connectivity index is 2.08. The Hall–Kier alpha value is -1.67. The second-order valence-corrected chi connectivity index (χ2v) is 4.20. The fourth-order valence-electron chi connectivity index (χ4n) is 1.63. The molecular formula is C11H18N2O6. The molecular weight excluding hydrogens is 256 g/mol. The van der Waals surface area contributed by atoms with E-state index in [0.717, 1.165) is 12.8 Å². The van der Waals surface area contributed by atoms with Gasteiger partial charge in [0.1, 0.15) is 13.2 Å². The van der Waals surface area contributed by atoms with Crippen LogP contribution in [0.4, 0.5) is 4.79 Å². The van der Waals surface area contributed by atoms with Crippen molar-refractivity contribution in [2.75, 3.05) is 33.0 Å². The lowest BCUT2D eigenvalue weighted by Gasteiger charge is -2.22. The Morgan fingerprint density at radius 3 is 2.53 bits per heavy atom. The van der Waals surface area contributed by atoms with Gasteiger partial charge in [-0.05, 0) is 18.8 Å². The van der Waals surface area contributed by atoms with Crippen LogP contribution in [-0.2, 0) is 19.1 Å². The van der Waals surface area contributed by atoms with Gasteiger partial charge in [0.15, 0.2) is 0 Å². The molecule has 1 aliphatic rings. The lowest BCUT2D eigenvalue weighted by atomic mass is 10.0. The third kappa shape index (κ3) is 7.37. The zero-order valence-corrected chi connectivity index (χ0v) is 10.5. The van der Waals surface area contributed by atoms with Crippen LogP contribution in [0, 0.1) is 5.92 Å². The Labute approximate surface area is 110 Å². The van der Waals surface area contributed by atoms with E-state index in [9.17, 15) is 14.4 Å². The summed E-state index contributed by atoms with van der Waals surface area (Å²) in [6.45, 7) is 0.832. The van der Waals surface area contributed by atoms with E-state index < -0.39 is 31.1 Å². The summed E-state index contributed by atoms with van der Waals surface area (Å²) in [4.78, 5) is 32.7. The highest BCUT2D eigenvalue weighted by molar-refractivity contribution is 5.94. The van der Waals surface area contributed by atoms with Gasteiger partial charge in [-0.2, -0.15) is 0 Å². The number of rotatable bonds is 6. The van der Waals surface area contributed by atoms with Crippen molar-refractivity contribution in [3.8, 4) is 0 Å². The quantitative estimate of drug-likeness (QED) is 0.592. The van der Waals surface area contributed by atoms with Crippen LogP contribution in [0.3, 0.4) is 0 Å². The molecule has 0 bridgehead atoms. The van der Waals surface area contributed by atoms with Gasteiger partial charge < -0.3 is 19.9 Å². The lowest BCUT2D eigenvalue weighted by Crippen LogP contribution is -2.43. The van der Waals surface area contributed by atoms with Crippen LogP contribution in [0.2, 0.25) is 0 Å². The maximum Gasteiger partial charge on any atom is 0.329 e. The summed E-state index contributed by atoms with van der Waals surface area (Å²) in [5, 5.41) is 12.9. The third-order valence-corrected chi connectivity index (χ3v) is 2.60. The molecule has 1 aliphatic heterocycles. The van der Waals surface area contributed by atoms with Crippen LogP contribution in [0.25, 0.3) is 0 Å². The average molecular weight is 274 g/mol. The molecule has 0 aromatic carbocycles. The Kier molecular flexibility index (Phi) is 6.83. The molecule has 0 spiro atoms. The zero-order valence-electron chi connectivity index (χ0n) is 10.5. The Morgan fingerprint density at radius 1 is 1.21 bits per heavy atom. The van der Waals surface area contributed by atoms with Gasteiger partial charge in [-0.1, -0.05) is 0 Å². The number of carbonyl (C=O) groups is 3. The van der Waals surface area contributed by atoms with Crippen LogP contribution in [0.1, 0.15) is 12.8 Å². The summed E-state index contributed by atoms with van der Waals surface area (Å²) < 4.78 is 9.73. The van der Waals surface area contributed by atoms with Crippen molar-refractivity contribution in [1.29, 1.82) is 0 Å². The molecule has 0 saturated carbocycles. The predicted octanol–water partition coefficient (Wildman–Crippen LogP) is -0.660. The summed E-state index contributed by atoms with van der Waals surface area (Å²) in [7, 11) is 0. The van der Waals surface area contributed by atoms with E-state index in [-0.39, 0.29) is 0 Å². The van der Waals surface area contributed by atoms with Crippen LogP contribution >= 0.6 is 0 Å². The summed E-state index contributed by atoms with van der Waals surface area (Å²) in [6, 6.07) is -0.601. The molecule has 1 fully saturated rings. The van der Waals surface area contributed by atoms with Crippen LogP contribution < -0.4 is 10.6 Å². The minimum absolute atomic E-state index is 0.359. The first kappa shape index (κ1) is 15.4. The zero-order chi connectivity index (χ0) is 14.1. The molecule has 0 aliphatic carbocycles. The number of nitrogens with one attached hydrogen (secondary N) is 2. The predicted molar refractivity (Wildman–Crippen MR) is 63.5 cm³/mol. The van der Waals surface area contributed by atoms with E-state index in [1.807, 2.05) is 0 Å². The number of carboxylic acid groups (broad SMARTS) is 1. The van der Waals surface area contributed by atoms with Crippen LogP contribution in [0.5, 0.6) is 0 Å². The van der Waals surface area contributed by atoms with Gasteiger partial charge >= 0.3 is 12.0 Å². The Bertz CT molecular complexity index is 327. The molecule has 8 heteroatoms. The van der Waals surface area contributed by atoms with Crippen LogP contribution in [0.15, 0.2) is 0 Å². The lowest BCUT2D eigenvalue weighted by molar-refractivity contribution is -0.143. The van der Waals surface area contributed by atoms with Crippen molar-refractivity contribution in [2.45, 2.75) is 12.8 Å². The molecule has 1 heterocycles. The number of imide groups is 1. The molecule has 0 radical (unpaired) electrons. The molecule has 0 aromatic rings. The maximum atomic E-state index is 11.3. The molecule has 19 heavy (non-hydrogen) atoms. The fourth-order valence-corrected chi connectivity index (χ4v) is 1.63. The summed E-state index contributed by atoms with van der Waals surface area (Å²) >= 11 is 0. The van der Waals surface area contributed by atoms with Crippen molar-refractivity contribution >= 4 is 17.9 Å². The van der Waals surface area contributed by atoms with Crippen molar-refractivity contribution in [3.05, 3.63) is 0 Å². The first-order valence-electron chi connectivity index (χ1n) is 6.03. The van der Waals surface area contributed by atoms with Crippen molar-refractivity contribution < 1.29 is 29.0 Å². The highest BCUT2D eigenvalue weighted by atomic mass is 16.5. The van der Waals surface area contributed by atoms with Crippen LogP contribution in [-0.4, -0.2) is 56.0 Å². The molecule has 3 amide bonds. The first-order chi connectivity index (χ1) is 9.08. The van der Waals surface area contributed by atoms with E-state index in [1.54, 1.807) is 0 Å². The minimum Gasteiger partial charge on any atom is -0.480 e. The summed E-state index contributed by atoms with van der Waals surface area (Å²) in [5.41, 5.74) is 0. The molecule has 0 aromatic heterocycles. The summed E-state index contributed by atoms with van der Waals surface area (Å²) in [5.74, 6) is -1.49. The normalized spacial score (nSPS) is 15.8.